The van der Waals surface area contributed by atoms with Crippen LogP contribution in [0.25, 0.3) is 0 Å². The molecule has 0 fully saturated rings. The van der Waals surface area contributed by atoms with E-state index in [-0.39, 0.29) is 17.4 Å². The van der Waals surface area contributed by atoms with Gasteiger partial charge in [0.2, 0.25) is 0 Å². The second-order valence-electron chi connectivity index (χ2n) is 11.6. The first-order chi connectivity index (χ1) is 16.2. The van der Waals surface area contributed by atoms with E-state index in [1.807, 2.05) is 0 Å². The molecule has 0 heterocycles. The largest absolute Gasteiger partial charge is 0.466 e. The normalized spacial score (nSPS) is 12.5. The fraction of sp³-hybridized carbons (Fsp3) is 0.933. The summed E-state index contributed by atoms with van der Waals surface area (Å²) in [6.07, 6.45) is 21.5. The highest BCUT2D eigenvalue weighted by Crippen LogP contribution is 2.24. The minimum absolute atomic E-state index is 0.0995. The van der Waals surface area contributed by atoms with Crippen LogP contribution >= 0.6 is 0 Å². The third-order valence-electron chi connectivity index (χ3n) is 6.26. The lowest BCUT2D eigenvalue weighted by molar-refractivity contribution is -0.145. The molecule has 1 unspecified atom stereocenters. The maximum Gasteiger partial charge on any atom is 0.305 e. The fourth-order valence-electron chi connectivity index (χ4n) is 4.51. The molecule has 0 aromatic rings. The molecule has 0 bridgehead atoms. The average Bonchev–Trinajstić information content (AvgIpc) is 2.76. The molecule has 1 atom stereocenters. The molecule has 0 rings (SSSR count). The Morgan fingerprint density at radius 2 is 1.03 bits per heavy atom. The molecule has 4 heteroatoms. The van der Waals surface area contributed by atoms with Crippen LogP contribution in [0.3, 0.4) is 0 Å². The Bertz CT molecular complexity index is 481. The number of rotatable bonds is 23. The van der Waals surface area contributed by atoms with Gasteiger partial charge in [-0.1, -0.05) is 118 Å². The van der Waals surface area contributed by atoms with Gasteiger partial charge in [-0.2, -0.15) is 0 Å². The van der Waals surface area contributed by atoms with Gasteiger partial charge in [0.15, 0.2) is 0 Å². The van der Waals surface area contributed by atoms with Crippen molar-refractivity contribution in [2.24, 2.45) is 11.3 Å². The van der Waals surface area contributed by atoms with Gasteiger partial charge < -0.3 is 9.47 Å². The zero-order chi connectivity index (χ0) is 25.5. The minimum atomic E-state index is -0.120. The van der Waals surface area contributed by atoms with E-state index >= 15 is 0 Å². The van der Waals surface area contributed by atoms with E-state index in [0.29, 0.717) is 32.0 Å². The van der Waals surface area contributed by atoms with Gasteiger partial charge in [-0.25, -0.2) is 0 Å². The van der Waals surface area contributed by atoms with Crippen LogP contribution in [0.5, 0.6) is 0 Å². The molecular formula is C30H58O4. The summed E-state index contributed by atoms with van der Waals surface area (Å²) in [5, 5.41) is 0. The summed E-state index contributed by atoms with van der Waals surface area (Å²) in [5.74, 6) is 0.164. The van der Waals surface area contributed by atoms with E-state index in [1.165, 1.54) is 70.6 Å². The lowest BCUT2D eigenvalue weighted by Crippen LogP contribution is -2.17. The summed E-state index contributed by atoms with van der Waals surface area (Å²) in [6, 6.07) is 0. The molecule has 4 nitrogen and oxygen atoms in total. The maximum atomic E-state index is 11.9. The van der Waals surface area contributed by atoms with Crippen molar-refractivity contribution >= 4 is 11.9 Å². The van der Waals surface area contributed by atoms with Crippen molar-refractivity contribution in [2.45, 2.75) is 157 Å². The number of carbonyl (C=O) groups excluding carboxylic acids is 2. The van der Waals surface area contributed by atoms with E-state index < -0.39 is 0 Å². The van der Waals surface area contributed by atoms with Crippen molar-refractivity contribution in [1.29, 1.82) is 0 Å². The Labute approximate surface area is 212 Å². The first kappa shape index (κ1) is 32.9. The van der Waals surface area contributed by atoms with Gasteiger partial charge in [0.25, 0.3) is 0 Å². The van der Waals surface area contributed by atoms with Gasteiger partial charge >= 0.3 is 11.9 Å². The second-order valence-corrected chi connectivity index (χ2v) is 11.6. The van der Waals surface area contributed by atoms with Crippen LogP contribution in [-0.2, 0) is 19.1 Å². The van der Waals surface area contributed by atoms with Crippen molar-refractivity contribution in [3.63, 3.8) is 0 Å². The number of esters is 2. The summed E-state index contributed by atoms with van der Waals surface area (Å²) in [4.78, 5) is 23.7. The Hall–Kier alpha value is -1.06. The number of ether oxygens (including phenoxy) is 2. The molecule has 0 saturated heterocycles. The number of hydrogen-bond acceptors (Lipinski definition) is 4. The first-order valence-electron chi connectivity index (χ1n) is 14.6. The average molecular weight is 483 g/mol. The Morgan fingerprint density at radius 3 is 1.50 bits per heavy atom. The van der Waals surface area contributed by atoms with Crippen LogP contribution in [0.4, 0.5) is 0 Å². The summed E-state index contributed by atoms with van der Waals surface area (Å²) in [7, 11) is 0. The molecular weight excluding hydrogens is 424 g/mol. The van der Waals surface area contributed by atoms with Crippen LogP contribution in [-0.4, -0.2) is 25.2 Å². The summed E-state index contributed by atoms with van der Waals surface area (Å²) < 4.78 is 10.7. The SMILES string of the molecule is CCCCCCCCCCCCCCCOC(=O)CCCCCC(=O)OCC(C)CC(C)(C)C. The highest BCUT2D eigenvalue weighted by molar-refractivity contribution is 5.69. The fourth-order valence-corrected chi connectivity index (χ4v) is 4.51. The van der Waals surface area contributed by atoms with E-state index in [9.17, 15) is 9.59 Å². The molecule has 0 aliphatic carbocycles. The van der Waals surface area contributed by atoms with E-state index in [2.05, 4.69) is 34.6 Å². The molecule has 0 N–H and O–H groups in total. The summed E-state index contributed by atoms with van der Waals surface area (Å²) >= 11 is 0. The van der Waals surface area contributed by atoms with Gasteiger partial charge in [0.05, 0.1) is 13.2 Å². The van der Waals surface area contributed by atoms with Crippen LogP contribution in [0.1, 0.15) is 157 Å². The van der Waals surface area contributed by atoms with Crippen LogP contribution in [0.2, 0.25) is 0 Å². The van der Waals surface area contributed by atoms with Gasteiger partial charge in [0, 0.05) is 12.8 Å². The predicted molar refractivity (Wildman–Crippen MR) is 144 cm³/mol. The summed E-state index contributed by atoms with van der Waals surface area (Å²) in [5.41, 5.74) is 0.257. The molecule has 0 aliphatic rings. The number of unbranched alkanes of at least 4 members (excludes halogenated alkanes) is 14. The second kappa shape index (κ2) is 22.4. The first-order valence-corrected chi connectivity index (χ1v) is 14.6. The van der Waals surface area contributed by atoms with Gasteiger partial charge in [-0.15, -0.1) is 0 Å². The summed E-state index contributed by atoms with van der Waals surface area (Å²) in [6.45, 7) is 12.1. The molecule has 0 aromatic heterocycles. The third kappa shape index (κ3) is 25.6. The standard InChI is InChI=1S/C30H58O4/c1-6-7-8-9-10-11-12-13-14-15-16-17-21-24-33-28(31)22-19-18-20-23-29(32)34-26-27(2)25-30(3,4)5/h27H,6-26H2,1-5H3. The zero-order valence-corrected chi connectivity index (χ0v) is 23.6. The molecule has 0 saturated carbocycles. The molecule has 0 aromatic carbocycles. The van der Waals surface area contributed by atoms with Crippen molar-refractivity contribution in [1.82, 2.24) is 0 Å². The molecule has 202 valence electrons. The highest BCUT2D eigenvalue weighted by Gasteiger charge is 2.16. The molecule has 34 heavy (non-hydrogen) atoms. The Balaban J connectivity index is 3.37. The highest BCUT2D eigenvalue weighted by atomic mass is 16.5. The molecule has 0 aliphatic heterocycles. The Morgan fingerprint density at radius 1 is 0.618 bits per heavy atom. The lowest BCUT2D eigenvalue weighted by atomic mass is 9.86. The lowest BCUT2D eigenvalue weighted by Gasteiger charge is -2.22. The smallest absolute Gasteiger partial charge is 0.305 e. The van der Waals surface area contributed by atoms with Crippen LogP contribution in [0, 0.1) is 11.3 Å². The van der Waals surface area contributed by atoms with Crippen LogP contribution < -0.4 is 0 Å². The van der Waals surface area contributed by atoms with Crippen molar-refractivity contribution in [2.75, 3.05) is 13.2 Å². The van der Waals surface area contributed by atoms with Crippen molar-refractivity contribution < 1.29 is 19.1 Å². The quantitative estimate of drug-likeness (QED) is 0.108. The van der Waals surface area contributed by atoms with Crippen LogP contribution in [0.15, 0.2) is 0 Å². The Kier molecular flexibility index (Phi) is 21.7. The number of carbonyl (C=O) groups is 2. The minimum Gasteiger partial charge on any atom is -0.466 e. The van der Waals surface area contributed by atoms with E-state index in [0.717, 1.165) is 38.5 Å². The molecule has 0 spiro atoms. The van der Waals surface area contributed by atoms with Crippen molar-refractivity contribution in [3.8, 4) is 0 Å². The zero-order valence-electron chi connectivity index (χ0n) is 23.6. The third-order valence-corrected chi connectivity index (χ3v) is 6.26. The molecule has 0 radical (unpaired) electrons. The van der Waals surface area contributed by atoms with E-state index in [1.54, 1.807) is 0 Å². The van der Waals surface area contributed by atoms with Gasteiger partial charge in [-0.3, -0.25) is 9.59 Å². The van der Waals surface area contributed by atoms with Crippen molar-refractivity contribution in [3.05, 3.63) is 0 Å². The van der Waals surface area contributed by atoms with Gasteiger partial charge in [-0.05, 0) is 37.0 Å². The van der Waals surface area contributed by atoms with Gasteiger partial charge in [0.1, 0.15) is 0 Å². The van der Waals surface area contributed by atoms with E-state index in [4.69, 9.17) is 9.47 Å². The molecule has 0 amide bonds. The monoisotopic (exact) mass is 482 g/mol. The maximum absolute atomic E-state index is 11.9. The number of hydrogen-bond donors (Lipinski definition) is 0. The topological polar surface area (TPSA) is 52.6 Å². The predicted octanol–water partition coefficient (Wildman–Crippen LogP) is 9.19.